The van der Waals surface area contributed by atoms with Gasteiger partial charge in [0.1, 0.15) is 0 Å². The summed E-state index contributed by atoms with van der Waals surface area (Å²) in [5, 5.41) is 7.34. The van der Waals surface area contributed by atoms with Crippen molar-refractivity contribution in [1.82, 2.24) is 15.1 Å². The second-order valence-electron chi connectivity index (χ2n) is 6.95. The summed E-state index contributed by atoms with van der Waals surface area (Å²) in [5.74, 6) is -0.458. The van der Waals surface area contributed by atoms with E-state index in [1.54, 1.807) is 24.3 Å². The standard InChI is InChI=1S/C19H21N3O3/c1-25-18(24)14-5-2-4-13(10-14)17(23)22-9-3-7-19(12-22)8-6-15-11-20-21-16(15)19/h2,4-5,10-11H,3,6-9,12H2,1H3,(H,20,21). The van der Waals surface area contributed by atoms with E-state index in [4.69, 9.17) is 4.74 Å². The third-order valence-corrected chi connectivity index (χ3v) is 5.52. The van der Waals surface area contributed by atoms with Gasteiger partial charge in [-0.1, -0.05) is 6.07 Å². The number of rotatable bonds is 2. The van der Waals surface area contributed by atoms with Gasteiger partial charge >= 0.3 is 5.97 Å². The van der Waals surface area contributed by atoms with Crippen LogP contribution in [0.1, 0.15) is 51.2 Å². The van der Waals surface area contributed by atoms with Crippen LogP contribution in [0.15, 0.2) is 30.5 Å². The van der Waals surface area contributed by atoms with E-state index in [0.29, 0.717) is 17.7 Å². The van der Waals surface area contributed by atoms with Crippen molar-refractivity contribution in [3.8, 4) is 0 Å². The van der Waals surface area contributed by atoms with Crippen LogP contribution in [0.4, 0.5) is 0 Å². The number of methoxy groups -OCH3 is 1. The lowest BCUT2D eigenvalue weighted by molar-refractivity contribution is 0.0600. The number of piperidine rings is 1. The fourth-order valence-electron chi connectivity index (χ4n) is 4.25. The molecule has 4 rings (SSSR count). The highest BCUT2D eigenvalue weighted by atomic mass is 16.5. The largest absolute Gasteiger partial charge is 0.465 e. The van der Waals surface area contributed by atoms with E-state index < -0.39 is 5.97 Å². The molecule has 0 bridgehead atoms. The van der Waals surface area contributed by atoms with Gasteiger partial charge in [0.05, 0.1) is 18.9 Å². The van der Waals surface area contributed by atoms with E-state index in [-0.39, 0.29) is 11.3 Å². The van der Waals surface area contributed by atoms with Crippen LogP contribution in [0, 0.1) is 0 Å². The quantitative estimate of drug-likeness (QED) is 0.852. The smallest absolute Gasteiger partial charge is 0.337 e. The molecule has 1 spiro atoms. The Morgan fingerprint density at radius 1 is 1.28 bits per heavy atom. The molecule has 0 radical (unpaired) electrons. The lowest BCUT2D eigenvalue weighted by Gasteiger charge is -2.40. The number of nitrogens with zero attached hydrogens (tertiary/aromatic N) is 2. The van der Waals surface area contributed by atoms with Crippen LogP contribution in [0.25, 0.3) is 0 Å². The summed E-state index contributed by atoms with van der Waals surface area (Å²) in [5.41, 5.74) is 3.41. The third kappa shape index (κ3) is 2.62. The topological polar surface area (TPSA) is 75.3 Å². The summed E-state index contributed by atoms with van der Waals surface area (Å²) in [7, 11) is 1.34. The van der Waals surface area contributed by atoms with Crippen LogP contribution < -0.4 is 0 Å². The van der Waals surface area contributed by atoms with E-state index in [1.165, 1.54) is 18.4 Å². The average molecular weight is 339 g/mol. The number of aromatic amines is 1. The van der Waals surface area contributed by atoms with Crippen LogP contribution >= 0.6 is 0 Å². The van der Waals surface area contributed by atoms with Crippen molar-refractivity contribution in [3.63, 3.8) is 0 Å². The first-order valence-electron chi connectivity index (χ1n) is 8.63. The van der Waals surface area contributed by atoms with Gasteiger partial charge in [-0.2, -0.15) is 5.10 Å². The minimum absolute atomic E-state index is 0.000295. The Balaban J connectivity index is 1.58. The van der Waals surface area contributed by atoms with Crippen LogP contribution in [0.2, 0.25) is 0 Å². The van der Waals surface area contributed by atoms with E-state index >= 15 is 0 Å². The van der Waals surface area contributed by atoms with Crippen LogP contribution in [-0.4, -0.2) is 47.2 Å². The zero-order chi connectivity index (χ0) is 17.4. The van der Waals surface area contributed by atoms with Gasteiger partial charge in [-0.05, 0) is 49.4 Å². The molecule has 25 heavy (non-hydrogen) atoms. The maximum absolute atomic E-state index is 13.0. The van der Waals surface area contributed by atoms with Gasteiger partial charge in [-0.15, -0.1) is 0 Å². The van der Waals surface area contributed by atoms with Crippen molar-refractivity contribution in [2.45, 2.75) is 31.1 Å². The maximum Gasteiger partial charge on any atom is 0.337 e. The Morgan fingerprint density at radius 3 is 2.96 bits per heavy atom. The number of nitrogens with one attached hydrogen (secondary N) is 1. The van der Waals surface area contributed by atoms with Gasteiger partial charge in [0.25, 0.3) is 5.91 Å². The zero-order valence-electron chi connectivity index (χ0n) is 14.2. The Morgan fingerprint density at radius 2 is 2.12 bits per heavy atom. The van der Waals surface area contributed by atoms with Crippen LogP contribution in [0.5, 0.6) is 0 Å². The summed E-state index contributed by atoms with van der Waals surface area (Å²) >= 11 is 0. The van der Waals surface area contributed by atoms with Crippen LogP contribution in [0.3, 0.4) is 0 Å². The number of carbonyl (C=O) groups excluding carboxylic acids is 2. The first-order valence-corrected chi connectivity index (χ1v) is 8.63. The molecular formula is C19H21N3O3. The number of ether oxygens (including phenoxy) is 1. The third-order valence-electron chi connectivity index (χ3n) is 5.52. The Labute approximate surface area is 146 Å². The number of esters is 1. The Bertz CT molecular complexity index is 829. The molecule has 2 aromatic rings. The lowest BCUT2D eigenvalue weighted by atomic mass is 9.77. The molecule has 0 saturated carbocycles. The highest BCUT2D eigenvalue weighted by molar-refractivity contribution is 5.98. The number of likely N-dealkylation sites (tertiary alicyclic amines) is 1. The molecule has 1 amide bonds. The van der Waals surface area contributed by atoms with Gasteiger partial charge in [-0.3, -0.25) is 9.89 Å². The molecule has 1 atom stereocenters. The van der Waals surface area contributed by atoms with Crippen molar-refractivity contribution in [3.05, 3.63) is 52.8 Å². The molecule has 1 N–H and O–H groups in total. The highest BCUT2D eigenvalue weighted by Crippen LogP contribution is 2.44. The SMILES string of the molecule is COC(=O)c1cccc(C(=O)N2CCCC3(CCc4cn[nH]c43)C2)c1. The van der Waals surface area contributed by atoms with Gasteiger partial charge in [0, 0.05) is 29.8 Å². The number of aryl methyl sites for hydroxylation is 1. The van der Waals surface area contributed by atoms with E-state index in [2.05, 4.69) is 10.2 Å². The number of hydrogen-bond donors (Lipinski definition) is 1. The van der Waals surface area contributed by atoms with E-state index in [0.717, 1.165) is 32.2 Å². The average Bonchev–Trinajstić information content (AvgIpc) is 3.25. The number of amides is 1. The number of aromatic nitrogens is 2. The molecule has 130 valence electrons. The molecule has 1 aliphatic heterocycles. The molecule has 6 nitrogen and oxygen atoms in total. The predicted molar refractivity (Wildman–Crippen MR) is 91.5 cm³/mol. The molecular weight excluding hydrogens is 318 g/mol. The van der Waals surface area contributed by atoms with Crippen molar-refractivity contribution >= 4 is 11.9 Å². The molecule has 1 aliphatic carbocycles. The Kier molecular flexibility index (Phi) is 3.82. The summed E-state index contributed by atoms with van der Waals surface area (Å²) < 4.78 is 4.75. The van der Waals surface area contributed by atoms with Crippen molar-refractivity contribution in [1.29, 1.82) is 0 Å². The number of fused-ring (bicyclic) bond motifs is 2. The van der Waals surface area contributed by atoms with E-state index in [1.807, 2.05) is 11.1 Å². The fraction of sp³-hybridized carbons (Fsp3) is 0.421. The second-order valence-corrected chi connectivity index (χ2v) is 6.95. The van der Waals surface area contributed by atoms with Gasteiger partial charge in [0.15, 0.2) is 0 Å². The molecule has 6 heteroatoms. The number of H-pyrrole nitrogens is 1. The van der Waals surface area contributed by atoms with E-state index in [9.17, 15) is 9.59 Å². The molecule has 2 aliphatic rings. The lowest BCUT2D eigenvalue weighted by Crippen LogP contribution is -2.47. The van der Waals surface area contributed by atoms with Crippen molar-refractivity contribution in [2.75, 3.05) is 20.2 Å². The summed E-state index contributed by atoms with van der Waals surface area (Å²) in [6.07, 6.45) is 6.04. The molecule has 1 unspecified atom stereocenters. The minimum atomic E-state index is -0.428. The highest BCUT2D eigenvalue weighted by Gasteiger charge is 2.44. The molecule has 2 heterocycles. The molecule has 1 aromatic carbocycles. The van der Waals surface area contributed by atoms with Gasteiger partial charge in [0.2, 0.25) is 0 Å². The minimum Gasteiger partial charge on any atom is -0.465 e. The van der Waals surface area contributed by atoms with Crippen LogP contribution in [-0.2, 0) is 16.6 Å². The number of benzene rings is 1. The molecule has 1 saturated heterocycles. The summed E-state index contributed by atoms with van der Waals surface area (Å²) in [6, 6.07) is 6.76. The zero-order valence-corrected chi connectivity index (χ0v) is 14.2. The van der Waals surface area contributed by atoms with Gasteiger partial charge < -0.3 is 9.64 Å². The summed E-state index contributed by atoms with van der Waals surface area (Å²) in [4.78, 5) is 26.6. The summed E-state index contributed by atoms with van der Waals surface area (Å²) in [6.45, 7) is 1.44. The normalized spacial score (nSPS) is 22.0. The maximum atomic E-state index is 13.0. The predicted octanol–water partition coefficient (Wildman–Crippen LogP) is 2.32. The molecule has 1 aromatic heterocycles. The van der Waals surface area contributed by atoms with Crippen molar-refractivity contribution in [2.24, 2.45) is 0 Å². The number of hydrogen-bond acceptors (Lipinski definition) is 4. The number of carbonyl (C=O) groups is 2. The van der Waals surface area contributed by atoms with Crippen molar-refractivity contribution < 1.29 is 14.3 Å². The first-order chi connectivity index (χ1) is 12.1. The molecule has 1 fully saturated rings. The van der Waals surface area contributed by atoms with Gasteiger partial charge in [-0.25, -0.2) is 4.79 Å². The second kappa shape index (κ2) is 6.02. The fourth-order valence-corrected chi connectivity index (χ4v) is 4.25. The first kappa shape index (κ1) is 15.9. The monoisotopic (exact) mass is 339 g/mol. The Hall–Kier alpha value is -2.63.